The molecule has 2 amide bonds. The molecule has 0 fully saturated rings. The van der Waals surface area contributed by atoms with Crippen LogP contribution in [0.2, 0.25) is 4.34 Å². The van der Waals surface area contributed by atoms with Gasteiger partial charge in [-0.2, -0.15) is 0 Å². The lowest BCUT2D eigenvalue weighted by Crippen LogP contribution is -2.42. The van der Waals surface area contributed by atoms with E-state index in [0.717, 1.165) is 23.1 Å². The molecule has 0 aliphatic heterocycles. The Labute approximate surface area is 133 Å². The molecule has 0 aliphatic rings. The topological polar surface area (TPSA) is 58.2 Å². The van der Waals surface area contributed by atoms with Gasteiger partial charge in [-0.05, 0) is 24.3 Å². The molecule has 1 aromatic heterocycles. The molecule has 0 unspecified atom stereocenters. The van der Waals surface area contributed by atoms with Gasteiger partial charge in [0.2, 0.25) is 5.91 Å². The predicted molar refractivity (Wildman–Crippen MR) is 82.1 cm³/mol. The maximum absolute atomic E-state index is 13.3. The Morgan fingerprint density at radius 2 is 1.95 bits per heavy atom. The van der Waals surface area contributed by atoms with E-state index in [1.807, 2.05) is 0 Å². The molecule has 110 valence electrons. The summed E-state index contributed by atoms with van der Waals surface area (Å²) in [5, 5.41) is 0. The molecule has 2 rings (SSSR count). The van der Waals surface area contributed by atoms with Crippen LogP contribution in [0.4, 0.5) is 4.39 Å². The molecule has 0 bridgehead atoms. The standard InChI is InChI=1S/C13H10ClFN2O2S2/c14-11-6-5-10(21-11)13(19)17-16-12(18)7-20-9-4-2-1-3-8(9)15/h1-6H,7H2,(H,16,18)(H,17,19). The predicted octanol–water partition coefficient (Wildman–Crippen LogP) is 3.09. The third-order valence-corrected chi connectivity index (χ3v) is 4.59. The number of amides is 2. The monoisotopic (exact) mass is 344 g/mol. The largest absolute Gasteiger partial charge is 0.279 e. The number of thiophene rings is 1. The molecule has 21 heavy (non-hydrogen) atoms. The molecule has 0 atom stereocenters. The molecule has 0 radical (unpaired) electrons. The third-order valence-electron chi connectivity index (χ3n) is 2.31. The number of benzene rings is 1. The summed E-state index contributed by atoms with van der Waals surface area (Å²) in [6, 6.07) is 9.32. The number of nitrogens with one attached hydrogen (secondary N) is 2. The van der Waals surface area contributed by atoms with Gasteiger partial charge in [-0.3, -0.25) is 20.4 Å². The van der Waals surface area contributed by atoms with Crippen molar-refractivity contribution >= 4 is 46.5 Å². The Morgan fingerprint density at radius 3 is 2.62 bits per heavy atom. The van der Waals surface area contributed by atoms with Crippen molar-refractivity contribution in [1.29, 1.82) is 0 Å². The molecule has 0 saturated heterocycles. The van der Waals surface area contributed by atoms with Crippen LogP contribution in [-0.4, -0.2) is 17.6 Å². The molecular formula is C13H10ClFN2O2S2. The van der Waals surface area contributed by atoms with Crippen LogP contribution >= 0.6 is 34.7 Å². The number of halogens is 2. The third kappa shape index (κ3) is 4.73. The van der Waals surface area contributed by atoms with Crippen molar-refractivity contribution in [1.82, 2.24) is 10.9 Å². The summed E-state index contributed by atoms with van der Waals surface area (Å²) < 4.78 is 13.8. The second kappa shape index (κ2) is 7.44. The summed E-state index contributed by atoms with van der Waals surface area (Å²) in [6.45, 7) is 0. The Bertz CT molecular complexity index is 663. The summed E-state index contributed by atoms with van der Waals surface area (Å²) >= 11 is 7.87. The molecule has 1 aromatic carbocycles. The van der Waals surface area contributed by atoms with E-state index >= 15 is 0 Å². The molecule has 8 heteroatoms. The van der Waals surface area contributed by atoms with E-state index in [4.69, 9.17) is 11.6 Å². The highest BCUT2D eigenvalue weighted by Gasteiger charge is 2.10. The molecular weight excluding hydrogens is 335 g/mol. The molecule has 4 nitrogen and oxygen atoms in total. The van der Waals surface area contributed by atoms with Crippen molar-refractivity contribution in [3.8, 4) is 0 Å². The number of hydrazine groups is 1. The zero-order valence-electron chi connectivity index (χ0n) is 10.6. The second-order valence-electron chi connectivity index (χ2n) is 3.83. The van der Waals surface area contributed by atoms with Crippen LogP contribution in [0.5, 0.6) is 0 Å². The Balaban J connectivity index is 1.78. The lowest BCUT2D eigenvalue weighted by Gasteiger charge is -2.06. The van der Waals surface area contributed by atoms with Gasteiger partial charge >= 0.3 is 0 Å². The fraction of sp³-hybridized carbons (Fsp3) is 0.0769. The first-order valence-corrected chi connectivity index (χ1v) is 7.96. The van der Waals surface area contributed by atoms with Crippen molar-refractivity contribution in [3.63, 3.8) is 0 Å². The molecule has 2 N–H and O–H groups in total. The van der Waals surface area contributed by atoms with Crippen molar-refractivity contribution in [2.45, 2.75) is 4.90 Å². The summed E-state index contributed by atoms with van der Waals surface area (Å²) in [7, 11) is 0. The number of carbonyl (C=O) groups excluding carboxylic acids is 2. The number of rotatable bonds is 4. The van der Waals surface area contributed by atoms with E-state index in [2.05, 4.69) is 10.9 Å². The smallest absolute Gasteiger partial charge is 0.272 e. The maximum Gasteiger partial charge on any atom is 0.279 e. The van der Waals surface area contributed by atoms with Crippen LogP contribution in [0.3, 0.4) is 0 Å². The molecule has 2 aromatic rings. The van der Waals surface area contributed by atoms with Crippen molar-refractivity contribution in [2.75, 3.05) is 5.75 Å². The van der Waals surface area contributed by atoms with Gasteiger partial charge in [-0.25, -0.2) is 4.39 Å². The zero-order valence-corrected chi connectivity index (χ0v) is 12.9. The number of thioether (sulfide) groups is 1. The fourth-order valence-corrected chi connectivity index (χ4v) is 3.04. The van der Waals surface area contributed by atoms with Crippen LogP contribution in [-0.2, 0) is 4.79 Å². The van der Waals surface area contributed by atoms with E-state index in [0.29, 0.717) is 14.1 Å². The highest BCUT2D eigenvalue weighted by atomic mass is 35.5. The molecule has 0 saturated carbocycles. The number of hydrogen-bond donors (Lipinski definition) is 2. The second-order valence-corrected chi connectivity index (χ2v) is 6.56. The highest BCUT2D eigenvalue weighted by Crippen LogP contribution is 2.21. The van der Waals surface area contributed by atoms with Gasteiger partial charge in [0.15, 0.2) is 0 Å². The molecule has 1 heterocycles. The summed E-state index contributed by atoms with van der Waals surface area (Å²) in [5.41, 5.74) is 4.53. The van der Waals surface area contributed by atoms with Crippen LogP contribution in [0.15, 0.2) is 41.3 Å². The highest BCUT2D eigenvalue weighted by molar-refractivity contribution is 8.00. The van der Waals surface area contributed by atoms with Crippen molar-refractivity contribution in [2.24, 2.45) is 0 Å². The van der Waals surface area contributed by atoms with Crippen LogP contribution < -0.4 is 10.9 Å². The van der Waals surface area contributed by atoms with Crippen LogP contribution in [0, 0.1) is 5.82 Å². The van der Waals surface area contributed by atoms with Gasteiger partial charge in [0.1, 0.15) is 5.82 Å². The van der Waals surface area contributed by atoms with Crippen LogP contribution in [0.1, 0.15) is 9.67 Å². The zero-order chi connectivity index (χ0) is 15.2. The summed E-state index contributed by atoms with van der Waals surface area (Å²) in [4.78, 5) is 24.0. The maximum atomic E-state index is 13.3. The summed E-state index contributed by atoms with van der Waals surface area (Å²) in [6.07, 6.45) is 0. The first kappa shape index (κ1) is 15.8. The number of hydrogen-bond acceptors (Lipinski definition) is 4. The Morgan fingerprint density at radius 1 is 1.19 bits per heavy atom. The lowest BCUT2D eigenvalue weighted by atomic mass is 10.3. The molecule has 0 aliphatic carbocycles. The van der Waals surface area contributed by atoms with Gasteiger partial charge in [-0.1, -0.05) is 23.7 Å². The lowest BCUT2D eigenvalue weighted by molar-refractivity contribution is -0.119. The van der Waals surface area contributed by atoms with E-state index < -0.39 is 11.8 Å². The minimum Gasteiger partial charge on any atom is -0.272 e. The average Bonchev–Trinajstić information content (AvgIpc) is 2.90. The SMILES string of the molecule is O=C(CSc1ccccc1F)NNC(=O)c1ccc(Cl)s1. The Hall–Kier alpha value is -1.57. The Kier molecular flexibility index (Phi) is 5.60. The fourth-order valence-electron chi connectivity index (χ4n) is 1.37. The summed E-state index contributed by atoms with van der Waals surface area (Å²) in [5.74, 6) is -1.27. The molecule has 0 spiro atoms. The average molecular weight is 345 g/mol. The first-order chi connectivity index (χ1) is 10.1. The number of carbonyl (C=O) groups is 2. The van der Waals surface area contributed by atoms with Gasteiger partial charge in [-0.15, -0.1) is 23.1 Å². The minimum absolute atomic E-state index is 0.00753. The van der Waals surface area contributed by atoms with Gasteiger partial charge in [0, 0.05) is 4.90 Å². The van der Waals surface area contributed by atoms with E-state index in [-0.39, 0.29) is 11.6 Å². The first-order valence-electron chi connectivity index (χ1n) is 5.78. The van der Waals surface area contributed by atoms with Crippen LogP contribution in [0.25, 0.3) is 0 Å². The van der Waals surface area contributed by atoms with E-state index in [1.165, 1.54) is 6.07 Å². The normalized spacial score (nSPS) is 10.2. The van der Waals surface area contributed by atoms with Crippen molar-refractivity contribution in [3.05, 3.63) is 51.4 Å². The van der Waals surface area contributed by atoms with Gasteiger partial charge in [0.05, 0.1) is 15.0 Å². The van der Waals surface area contributed by atoms with E-state index in [9.17, 15) is 14.0 Å². The van der Waals surface area contributed by atoms with E-state index in [1.54, 1.807) is 30.3 Å². The quantitative estimate of drug-likeness (QED) is 0.662. The minimum atomic E-state index is -0.448. The van der Waals surface area contributed by atoms with Gasteiger partial charge in [0.25, 0.3) is 5.91 Å². The van der Waals surface area contributed by atoms with Gasteiger partial charge < -0.3 is 0 Å². The van der Waals surface area contributed by atoms with Crippen molar-refractivity contribution < 1.29 is 14.0 Å².